The Hall–Kier alpha value is -2.97. The molecule has 25 heavy (non-hydrogen) atoms. The van der Waals surface area contributed by atoms with E-state index in [-0.39, 0.29) is 12.1 Å². The summed E-state index contributed by atoms with van der Waals surface area (Å²) in [5.41, 5.74) is -1.28. The first-order chi connectivity index (χ1) is 11.6. The third-order valence-corrected chi connectivity index (χ3v) is 3.44. The summed E-state index contributed by atoms with van der Waals surface area (Å²) in [6, 6.07) is 7.01. The molecular weight excluding hydrogens is 344 g/mol. The predicted molar refractivity (Wildman–Crippen MR) is 80.3 cm³/mol. The molecule has 0 spiro atoms. The first-order valence-corrected chi connectivity index (χ1v) is 6.95. The van der Waals surface area contributed by atoms with E-state index in [9.17, 15) is 32.5 Å². The topological polar surface area (TPSA) is 63.5 Å². The molecule has 5 nitrogen and oxygen atoms in total. The Morgan fingerprint density at radius 2 is 1.76 bits per heavy atom. The lowest BCUT2D eigenvalue weighted by Crippen LogP contribution is -2.26. The number of hydrogen-bond acceptors (Lipinski definition) is 3. The second kappa shape index (κ2) is 6.88. The molecule has 0 atom stereocenters. The Labute approximate surface area is 139 Å². The number of rotatable bonds is 4. The summed E-state index contributed by atoms with van der Waals surface area (Å²) in [6.07, 6.45) is -4.45. The fourth-order valence-corrected chi connectivity index (χ4v) is 2.15. The van der Waals surface area contributed by atoms with Crippen LogP contribution in [-0.4, -0.2) is 22.8 Å². The van der Waals surface area contributed by atoms with Crippen LogP contribution in [0, 0.1) is 15.9 Å². The maximum absolute atomic E-state index is 13.3. The van der Waals surface area contributed by atoms with Gasteiger partial charge in [0.05, 0.1) is 10.5 Å². The smallest absolute Gasteiger partial charge is 0.337 e. The van der Waals surface area contributed by atoms with Gasteiger partial charge < -0.3 is 4.90 Å². The molecule has 1 amide bonds. The van der Waals surface area contributed by atoms with Crippen LogP contribution in [0.2, 0.25) is 0 Å². The largest absolute Gasteiger partial charge is 0.416 e. The van der Waals surface area contributed by atoms with Gasteiger partial charge in [-0.1, -0.05) is 12.1 Å². The minimum Gasteiger partial charge on any atom is -0.337 e. The molecule has 132 valence electrons. The number of benzene rings is 2. The van der Waals surface area contributed by atoms with E-state index in [0.717, 1.165) is 30.3 Å². The summed E-state index contributed by atoms with van der Waals surface area (Å²) in [4.78, 5) is 23.2. The normalized spacial score (nSPS) is 11.2. The Morgan fingerprint density at radius 1 is 1.16 bits per heavy atom. The fourth-order valence-electron chi connectivity index (χ4n) is 2.15. The summed E-state index contributed by atoms with van der Waals surface area (Å²) in [6.45, 7) is -0.0118. The first-order valence-electron chi connectivity index (χ1n) is 6.95. The quantitative estimate of drug-likeness (QED) is 0.472. The first kappa shape index (κ1) is 18.4. The van der Waals surface area contributed by atoms with Gasteiger partial charge in [0.25, 0.3) is 5.91 Å². The molecule has 0 aliphatic carbocycles. The zero-order valence-electron chi connectivity index (χ0n) is 12.9. The molecule has 0 aliphatic heterocycles. The van der Waals surface area contributed by atoms with Crippen molar-refractivity contribution in [1.29, 1.82) is 0 Å². The maximum Gasteiger partial charge on any atom is 0.416 e. The second-order valence-electron chi connectivity index (χ2n) is 5.28. The lowest BCUT2D eigenvalue weighted by molar-refractivity contribution is -0.387. The number of nitro benzene ring substituents is 1. The van der Waals surface area contributed by atoms with Crippen LogP contribution >= 0.6 is 0 Å². The van der Waals surface area contributed by atoms with Crippen molar-refractivity contribution in [2.75, 3.05) is 7.05 Å². The highest BCUT2D eigenvalue weighted by Crippen LogP contribution is 2.29. The number of halogens is 4. The van der Waals surface area contributed by atoms with Crippen molar-refractivity contribution in [3.05, 3.63) is 75.1 Å². The standard InChI is InChI=1S/C16H12F4N2O3/c1-21(9-10-2-5-12(6-3-10)16(18,19)20)15(23)11-4-7-13(17)14(8-11)22(24)25/h2-8H,9H2,1H3. The monoisotopic (exact) mass is 356 g/mol. The van der Waals surface area contributed by atoms with Gasteiger partial charge in [-0.15, -0.1) is 0 Å². The molecule has 0 bridgehead atoms. The Kier molecular flexibility index (Phi) is 5.05. The van der Waals surface area contributed by atoms with Crippen molar-refractivity contribution in [1.82, 2.24) is 4.90 Å². The van der Waals surface area contributed by atoms with Crippen LogP contribution in [0.4, 0.5) is 23.2 Å². The number of amides is 1. The number of alkyl halides is 3. The summed E-state index contributed by atoms with van der Waals surface area (Å²) in [7, 11) is 1.38. The summed E-state index contributed by atoms with van der Waals surface area (Å²) in [5, 5.41) is 10.7. The predicted octanol–water partition coefficient (Wildman–Crippen LogP) is 4.02. The van der Waals surface area contributed by atoms with Crippen LogP contribution in [0.5, 0.6) is 0 Å². The zero-order valence-corrected chi connectivity index (χ0v) is 12.9. The van der Waals surface area contributed by atoms with E-state index in [0.29, 0.717) is 5.56 Å². The van der Waals surface area contributed by atoms with Crippen molar-refractivity contribution in [2.45, 2.75) is 12.7 Å². The van der Waals surface area contributed by atoms with Gasteiger partial charge in [0, 0.05) is 25.2 Å². The van der Waals surface area contributed by atoms with Gasteiger partial charge >= 0.3 is 11.9 Å². The van der Waals surface area contributed by atoms with Gasteiger partial charge in [-0.3, -0.25) is 14.9 Å². The maximum atomic E-state index is 13.3. The molecule has 0 saturated heterocycles. The van der Waals surface area contributed by atoms with Crippen molar-refractivity contribution < 1.29 is 27.3 Å². The summed E-state index contributed by atoms with van der Waals surface area (Å²) >= 11 is 0. The Morgan fingerprint density at radius 3 is 2.28 bits per heavy atom. The van der Waals surface area contributed by atoms with E-state index in [1.54, 1.807) is 0 Å². The molecule has 0 heterocycles. The number of nitro groups is 1. The fraction of sp³-hybridized carbons (Fsp3) is 0.188. The average Bonchev–Trinajstić information content (AvgIpc) is 2.54. The molecule has 2 aromatic carbocycles. The van der Waals surface area contributed by atoms with Gasteiger partial charge in [0.2, 0.25) is 5.82 Å². The third kappa shape index (κ3) is 4.31. The van der Waals surface area contributed by atoms with Crippen LogP contribution < -0.4 is 0 Å². The summed E-state index contributed by atoms with van der Waals surface area (Å²) < 4.78 is 50.9. The molecule has 0 unspecified atom stereocenters. The van der Waals surface area contributed by atoms with Gasteiger partial charge in [0.1, 0.15) is 0 Å². The number of carbonyl (C=O) groups excluding carboxylic acids is 1. The van der Waals surface area contributed by atoms with E-state index in [4.69, 9.17) is 0 Å². The van der Waals surface area contributed by atoms with Crippen molar-refractivity contribution in [2.24, 2.45) is 0 Å². The van der Waals surface area contributed by atoms with Gasteiger partial charge in [-0.2, -0.15) is 17.6 Å². The highest BCUT2D eigenvalue weighted by Gasteiger charge is 2.30. The van der Waals surface area contributed by atoms with Crippen molar-refractivity contribution >= 4 is 11.6 Å². The van der Waals surface area contributed by atoms with E-state index in [1.807, 2.05) is 0 Å². The second-order valence-corrected chi connectivity index (χ2v) is 5.28. The molecule has 0 fully saturated rings. The molecule has 2 rings (SSSR count). The molecule has 0 aromatic heterocycles. The molecule has 0 N–H and O–H groups in total. The lowest BCUT2D eigenvalue weighted by Gasteiger charge is -2.18. The number of hydrogen-bond donors (Lipinski definition) is 0. The van der Waals surface area contributed by atoms with Crippen molar-refractivity contribution in [3.8, 4) is 0 Å². The highest BCUT2D eigenvalue weighted by atomic mass is 19.4. The molecule has 9 heteroatoms. The molecule has 0 saturated carbocycles. The van der Waals surface area contributed by atoms with E-state index in [2.05, 4.69) is 0 Å². The van der Waals surface area contributed by atoms with E-state index >= 15 is 0 Å². The molecule has 2 aromatic rings. The van der Waals surface area contributed by atoms with E-state index in [1.165, 1.54) is 24.1 Å². The van der Waals surface area contributed by atoms with Gasteiger partial charge in [-0.25, -0.2) is 0 Å². The molecule has 0 radical (unpaired) electrons. The highest BCUT2D eigenvalue weighted by molar-refractivity contribution is 5.94. The van der Waals surface area contributed by atoms with Gasteiger partial charge in [0.15, 0.2) is 0 Å². The third-order valence-electron chi connectivity index (χ3n) is 3.44. The van der Waals surface area contributed by atoms with Crippen LogP contribution in [0.15, 0.2) is 42.5 Å². The Bertz CT molecular complexity index is 804. The minimum atomic E-state index is -4.45. The SMILES string of the molecule is CN(Cc1ccc(C(F)(F)F)cc1)C(=O)c1ccc(F)c([N+](=O)[O-])c1. The van der Waals surface area contributed by atoms with Crippen LogP contribution in [0.25, 0.3) is 0 Å². The van der Waals surface area contributed by atoms with Crippen LogP contribution in [-0.2, 0) is 12.7 Å². The zero-order chi connectivity index (χ0) is 18.8. The Balaban J connectivity index is 2.15. The average molecular weight is 356 g/mol. The van der Waals surface area contributed by atoms with Gasteiger partial charge in [-0.05, 0) is 29.8 Å². The lowest BCUT2D eigenvalue weighted by atomic mass is 10.1. The van der Waals surface area contributed by atoms with Crippen LogP contribution in [0.3, 0.4) is 0 Å². The van der Waals surface area contributed by atoms with Crippen molar-refractivity contribution in [3.63, 3.8) is 0 Å². The number of carbonyl (C=O) groups is 1. The van der Waals surface area contributed by atoms with E-state index < -0.39 is 34.1 Å². The summed E-state index contributed by atoms with van der Waals surface area (Å²) in [5.74, 6) is -1.69. The minimum absolute atomic E-state index is 0.0118. The van der Waals surface area contributed by atoms with Crippen LogP contribution in [0.1, 0.15) is 21.5 Å². The molecular formula is C16H12F4N2O3. The number of nitrogens with zero attached hydrogens (tertiary/aromatic N) is 2. The molecule has 0 aliphatic rings.